The molecule has 0 bridgehead atoms. The number of piperazine rings is 1. The summed E-state index contributed by atoms with van der Waals surface area (Å²) in [6.45, 7) is 5.92. The molecule has 3 rings (SSSR count). The van der Waals surface area contributed by atoms with Gasteiger partial charge in [0.05, 0.1) is 5.69 Å². The summed E-state index contributed by atoms with van der Waals surface area (Å²) in [4.78, 5) is 4.09. The van der Waals surface area contributed by atoms with E-state index < -0.39 is 11.2 Å². The van der Waals surface area contributed by atoms with E-state index in [9.17, 15) is 4.55 Å². The third-order valence-electron chi connectivity index (χ3n) is 3.76. The summed E-state index contributed by atoms with van der Waals surface area (Å²) >= 11 is -1.13. The lowest BCUT2D eigenvalue weighted by molar-refractivity contribution is 0.579. The average molecular weight is 300 g/mol. The molecule has 0 radical (unpaired) electrons. The second-order valence-electron chi connectivity index (χ2n) is 5.29. The van der Waals surface area contributed by atoms with Gasteiger partial charge in [0.25, 0.3) is 0 Å². The number of hydrogen-bond acceptors (Lipinski definition) is 3. The third kappa shape index (κ3) is 3.23. The first-order valence-electron chi connectivity index (χ1n) is 7.29. The second kappa shape index (κ2) is 6.52. The highest BCUT2D eigenvalue weighted by molar-refractivity contribution is 7.91. The molecule has 1 unspecified atom stereocenters. The number of rotatable bonds is 3. The van der Waals surface area contributed by atoms with Gasteiger partial charge in [0.1, 0.15) is 0 Å². The lowest BCUT2D eigenvalue weighted by Crippen LogP contribution is -2.44. The fraction of sp³-hybridized carbons (Fsp3) is 0.294. The highest BCUT2D eigenvalue weighted by atomic mass is 32.2. The predicted molar refractivity (Wildman–Crippen MR) is 87.4 cm³/mol. The van der Waals surface area contributed by atoms with Crippen LogP contribution < -0.4 is 10.2 Å². The molecule has 3 nitrogen and oxygen atoms in total. The smallest absolute Gasteiger partial charge is 0.181 e. The zero-order valence-electron chi connectivity index (χ0n) is 12.2. The molecule has 0 spiro atoms. The summed E-state index contributed by atoms with van der Waals surface area (Å²) in [7, 11) is 0. The summed E-state index contributed by atoms with van der Waals surface area (Å²) in [5, 5.41) is 3.35. The third-order valence-corrected chi connectivity index (χ3v) is 5.20. The molecule has 110 valence electrons. The molecule has 4 heteroatoms. The van der Waals surface area contributed by atoms with Crippen LogP contribution in [0.1, 0.15) is 5.56 Å². The lowest BCUT2D eigenvalue weighted by Gasteiger charge is -2.30. The summed E-state index contributed by atoms with van der Waals surface area (Å²) in [5.74, 6) is 0. The minimum absolute atomic E-state index is 0.864. The Morgan fingerprint density at radius 3 is 2.38 bits per heavy atom. The molecule has 1 N–H and O–H groups in total. The van der Waals surface area contributed by atoms with E-state index in [4.69, 9.17) is 0 Å². The Bertz CT molecular complexity index is 594. The van der Waals surface area contributed by atoms with Gasteiger partial charge in [0.15, 0.2) is 9.79 Å². The molecular formula is C17H20N2OS. The van der Waals surface area contributed by atoms with E-state index in [-0.39, 0.29) is 0 Å². The van der Waals surface area contributed by atoms with Crippen LogP contribution in [-0.2, 0) is 11.2 Å². The number of para-hydroxylation sites is 1. The molecule has 1 aliphatic rings. The maximum atomic E-state index is 12.9. The largest absolute Gasteiger partial charge is 0.606 e. The predicted octanol–water partition coefficient (Wildman–Crippen LogP) is 2.57. The van der Waals surface area contributed by atoms with Gasteiger partial charge in [-0.25, -0.2) is 0 Å². The van der Waals surface area contributed by atoms with Gasteiger partial charge in [0.2, 0.25) is 0 Å². The van der Waals surface area contributed by atoms with E-state index in [1.807, 2.05) is 49.4 Å². The van der Waals surface area contributed by atoms with E-state index in [1.54, 1.807) is 0 Å². The Hall–Kier alpha value is -1.49. The summed E-state index contributed by atoms with van der Waals surface area (Å²) in [6.07, 6.45) is 0. The highest BCUT2D eigenvalue weighted by Gasteiger charge is 2.23. The van der Waals surface area contributed by atoms with Gasteiger partial charge in [-0.3, -0.25) is 0 Å². The molecule has 2 aromatic carbocycles. The van der Waals surface area contributed by atoms with Crippen LogP contribution in [0, 0.1) is 6.92 Å². The molecule has 2 aromatic rings. The van der Waals surface area contributed by atoms with Crippen molar-refractivity contribution < 1.29 is 4.55 Å². The molecule has 1 saturated heterocycles. The zero-order valence-corrected chi connectivity index (χ0v) is 13.0. The van der Waals surface area contributed by atoms with E-state index in [1.165, 1.54) is 5.56 Å². The maximum Gasteiger partial charge on any atom is 0.181 e. The van der Waals surface area contributed by atoms with Crippen molar-refractivity contribution in [3.05, 3.63) is 54.1 Å². The van der Waals surface area contributed by atoms with Crippen molar-refractivity contribution in [2.45, 2.75) is 16.7 Å². The molecular weight excluding hydrogens is 280 g/mol. The lowest BCUT2D eigenvalue weighted by atomic mass is 10.2. The van der Waals surface area contributed by atoms with Gasteiger partial charge in [-0.2, -0.15) is 0 Å². The quantitative estimate of drug-likeness (QED) is 0.886. The van der Waals surface area contributed by atoms with Crippen LogP contribution in [0.25, 0.3) is 0 Å². The van der Waals surface area contributed by atoms with Crippen LogP contribution in [0.2, 0.25) is 0 Å². The van der Waals surface area contributed by atoms with E-state index in [2.05, 4.69) is 16.3 Å². The molecule has 1 atom stereocenters. The average Bonchev–Trinajstić information content (AvgIpc) is 2.56. The standard InChI is InChI=1S/C17H20N2OS/c1-14-6-8-15(9-7-14)21(20)17-5-3-2-4-16(17)19-12-10-18-11-13-19/h2-9,18H,10-13H2,1H3. The Morgan fingerprint density at radius 2 is 1.67 bits per heavy atom. The summed E-state index contributed by atoms with van der Waals surface area (Å²) in [6, 6.07) is 16.0. The Kier molecular flexibility index (Phi) is 4.48. The molecule has 0 saturated carbocycles. The first-order valence-corrected chi connectivity index (χ1v) is 8.44. The van der Waals surface area contributed by atoms with Gasteiger partial charge in [0, 0.05) is 37.4 Å². The van der Waals surface area contributed by atoms with Gasteiger partial charge in [-0.1, -0.05) is 29.8 Å². The van der Waals surface area contributed by atoms with E-state index in [0.29, 0.717) is 0 Å². The van der Waals surface area contributed by atoms with Crippen LogP contribution in [0.4, 0.5) is 5.69 Å². The van der Waals surface area contributed by atoms with Crippen molar-refractivity contribution in [3.8, 4) is 0 Å². The van der Waals surface area contributed by atoms with Crippen molar-refractivity contribution in [1.29, 1.82) is 0 Å². The van der Waals surface area contributed by atoms with Gasteiger partial charge < -0.3 is 14.8 Å². The first-order chi connectivity index (χ1) is 10.3. The number of aryl methyl sites for hydroxylation is 1. The van der Waals surface area contributed by atoms with Gasteiger partial charge >= 0.3 is 0 Å². The molecule has 21 heavy (non-hydrogen) atoms. The van der Waals surface area contributed by atoms with Crippen LogP contribution in [0.3, 0.4) is 0 Å². The fourth-order valence-electron chi connectivity index (χ4n) is 2.57. The Morgan fingerprint density at radius 1 is 1.00 bits per heavy atom. The van der Waals surface area contributed by atoms with E-state index in [0.717, 1.165) is 41.7 Å². The Balaban J connectivity index is 1.92. The van der Waals surface area contributed by atoms with E-state index >= 15 is 0 Å². The van der Waals surface area contributed by atoms with Crippen LogP contribution in [-0.4, -0.2) is 30.7 Å². The van der Waals surface area contributed by atoms with Crippen LogP contribution in [0.5, 0.6) is 0 Å². The topological polar surface area (TPSA) is 38.3 Å². The monoisotopic (exact) mass is 300 g/mol. The SMILES string of the molecule is Cc1ccc([S+]([O-])c2ccccc2N2CCNCC2)cc1. The van der Waals surface area contributed by atoms with Gasteiger partial charge in [-0.05, 0) is 31.2 Å². The van der Waals surface area contributed by atoms with Gasteiger partial charge in [-0.15, -0.1) is 0 Å². The molecule has 1 heterocycles. The second-order valence-corrected chi connectivity index (χ2v) is 6.74. The molecule has 0 amide bonds. The zero-order chi connectivity index (χ0) is 14.7. The first kappa shape index (κ1) is 14.4. The van der Waals surface area contributed by atoms with Crippen molar-refractivity contribution in [3.63, 3.8) is 0 Å². The number of anilines is 1. The minimum Gasteiger partial charge on any atom is -0.606 e. The van der Waals surface area contributed by atoms with Crippen molar-refractivity contribution in [2.24, 2.45) is 0 Å². The summed E-state index contributed by atoms with van der Waals surface area (Å²) < 4.78 is 12.9. The molecule has 0 aromatic heterocycles. The fourth-order valence-corrected chi connectivity index (χ4v) is 3.80. The number of nitrogens with one attached hydrogen (secondary N) is 1. The molecule has 0 aliphatic carbocycles. The normalized spacial score (nSPS) is 16.8. The van der Waals surface area contributed by atoms with Crippen LogP contribution >= 0.6 is 0 Å². The number of hydrogen-bond donors (Lipinski definition) is 1. The van der Waals surface area contributed by atoms with Crippen molar-refractivity contribution in [1.82, 2.24) is 5.32 Å². The number of nitrogens with zero attached hydrogens (tertiary/aromatic N) is 1. The molecule has 1 aliphatic heterocycles. The Labute approximate surface area is 129 Å². The highest BCUT2D eigenvalue weighted by Crippen LogP contribution is 2.30. The van der Waals surface area contributed by atoms with Crippen molar-refractivity contribution in [2.75, 3.05) is 31.1 Å². The van der Waals surface area contributed by atoms with Crippen molar-refractivity contribution >= 4 is 16.9 Å². The summed E-state index contributed by atoms with van der Waals surface area (Å²) in [5.41, 5.74) is 2.28. The van der Waals surface area contributed by atoms with Crippen LogP contribution in [0.15, 0.2) is 58.3 Å². The minimum atomic E-state index is -1.13. The molecule has 1 fully saturated rings. The maximum absolute atomic E-state index is 12.9. The number of benzene rings is 2.